The average molecular weight is 276 g/mol. The summed E-state index contributed by atoms with van der Waals surface area (Å²) in [6, 6.07) is 6.76. The zero-order valence-electron chi connectivity index (χ0n) is 13.1. The van der Waals surface area contributed by atoms with E-state index in [1.807, 2.05) is 0 Å². The lowest BCUT2D eigenvalue weighted by atomic mass is 9.99. The molecule has 2 atom stereocenters. The molecule has 0 bridgehead atoms. The Balaban J connectivity index is 1.89. The average Bonchev–Trinajstić information content (AvgIpc) is 2.59. The largest absolute Gasteiger partial charge is 0.377 e. The fourth-order valence-electron chi connectivity index (χ4n) is 3.00. The molecule has 3 nitrogen and oxygen atoms in total. The number of aryl methyl sites for hydroxylation is 2. The van der Waals surface area contributed by atoms with Gasteiger partial charge >= 0.3 is 0 Å². The van der Waals surface area contributed by atoms with Gasteiger partial charge in [-0.05, 0) is 39.2 Å². The third-order valence-electron chi connectivity index (χ3n) is 3.96. The van der Waals surface area contributed by atoms with Crippen molar-refractivity contribution >= 4 is 0 Å². The maximum absolute atomic E-state index is 6.37. The predicted molar refractivity (Wildman–Crippen MR) is 83.9 cm³/mol. The summed E-state index contributed by atoms with van der Waals surface area (Å²) >= 11 is 0. The zero-order valence-corrected chi connectivity index (χ0v) is 13.1. The van der Waals surface area contributed by atoms with Gasteiger partial charge in [0.2, 0.25) is 0 Å². The molecule has 2 unspecified atom stereocenters. The Morgan fingerprint density at radius 3 is 2.70 bits per heavy atom. The molecule has 1 aromatic carbocycles. The molecule has 2 N–H and O–H groups in total. The predicted octanol–water partition coefficient (Wildman–Crippen LogP) is 2.80. The zero-order chi connectivity index (χ0) is 14.5. The van der Waals surface area contributed by atoms with Crippen LogP contribution in [0.1, 0.15) is 42.5 Å². The first-order valence-corrected chi connectivity index (χ1v) is 7.72. The quantitative estimate of drug-likeness (QED) is 0.919. The number of nitrogens with zero attached hydrogens (tertiary/aromatic N) is 1. The lowest BCUT2D eigenvalue weighted by Crippen LogP contribution is -2.32. The molecule has 0 aromatic heterocycles. The van der Waals surface area contributed by atoms with Crippen molar-refractivity contribution in [2.45, 2.75) is 45.8 Å². The fraction of sp³-hybridized carbons (Fsp3) is 0.647. The van der Waals surface area contributed by atoms with Crippen LogP contribution in [-0.4, -0.2) is 37.2 Å². The second-order valence-corrected chi connectivity index (χ2v) is 6.15. The van der Waals surface area contributed by atoms with E-state index in [-0.39, 0.29) is 6.04 Å². The van der Waals surface area contributed by atoms with Gasteiger partial charge in [-0.25, -0.2) is 0 Å². The van der Waals surface area contributed by atoms with E-state index in [2.05, 4.69) is 43.9 Å². The third kappa shape index (κ3) is 4.58. The van der Waals surface area contributed by atoms with Gasteiger partial charge in [-0.1, -0.05) is 29.3 Å². The molecule has 20 heavy (non-hydrogen) atoms. The Morgan fingerprint density at radius 1 is 1.30 bits per heavy atom. The lowest BCUT2D eigenvalue weighted by Gasteiger charge is -2.23. The fourth-order valence-corrected chi connectivity index (χ4v) is 3.00. The van der Waals surface area contributed by atoms with Crippen molar-refractivity contribution < 1.29 is 4.74 Å². The van der Waals surface area contributed by atoms with Crippen molar-refractivity contribution in [2.75, 3.05) is 26.2 Å². The first-order chi connectivity index (χ1) is 9.54. The first-order valence-electron chi connectivity index (χ1n) is 7.72. The Morgan fingerprint density at radius 2 is 2.00 bits per heavy atom. The Bertz CT molecular complexity index is 413. The molecule has 1 fully saturated rings. The highest BCUT2D eigenvalue weighted by Crippen LogP contribution is 2.18. The van der Waals surface area contributed by atoms with Gasteiger partial charge in [0.1, 0.15) is 0 Å². The number of ether oxygens (including phenoxy) is 1. The smallest absolute Gasteiger partial charge is 0.0673 e. The summed E-state index contributed by atoms with van der Waals surface area (Å²) in [5, 5.41) is 0. The highest BCUT2D eigenvalue weighted by molar-refractivity contribution is 5.30. The van der Waals surface area contributed by atoms with Crippen molar-refractivity contribution in [2.24, 2.45) is 5.73 Å². The minimum atomic E-state index is 0.132. The van der Waals surface area contributed by atoms with Crippen molar-refractivity contribution in [3.8, 4) is 0 Å². The van der Waals surface area contributed by atoms with E-state index in [0.29, 0.717) is 6.10 Å². The normalized spacial score (nSPS) is 22.5. The van der Waals surface area contributed by atoms with Gasteiger partial charge in [0.25, 0.3) is 0 Å². The van der Waals surface area contributed by atoms with Gasteiger partial charge in [0.15, 0.2) is 0 Å². The number of benzene rings is 1. The summed E-state index contributed by atoms with van der Waals surface area (Å²) in [6.07, 6.45) is 2.48. The number of nitrogens with two attached hydrogens (primary N) is 1. The molecule has 3 heteroatoms. The van der Waals surface area contributed by atoms with Gasteiger partial charge in [-0.15, -0.1) is 0 Å². The maximum atomic E-state index is 6.37. The van der Waals surface area contributed by atoms with Gasteiger partial charge in [-0.3, -0.25) is 0 Å². The SMILES string of the molecule is Cc1cc(C)cc(C(N)CCN2CCCOC(C)C2)c1. The second kappa shape index (κ2) is 7.21. The summed E-state index contributed by atoms with van der Waals surface area (Å²) in [7, 11) is 0. The minimum Gasteiger partial charge on any atom is -0.377 e. The van der Waals surface area contributed by atoms with Crippen molar-refractivity contribution in [1.29, 1.82) is 0 Å². The molecular formula is C17H28N2O. The van der Waals surface area contributed by atoms with Crippen LogP contribution >= 0.6 is 0 Å². The Labute approximate surface area is 123 Å². The summed E-state index contributed by atoms with van der Waals surface area (Å²) in [4.78, 5) is 2.49. The van der Waals surface area contributed by atoms with Crippen LogP contribution in [0.5, 0.6) is 0 Å². The topological polar surface area (TPSA) is 38.5 Å². The van der Waals surface area contributed by atoms with E-state index in [0.717, 1.165) is 39.1 Å². The standard InChI is InChI=1S/C17H28N2O/c1-13-9-14(2)11-16(10-13)17(18)5-7-19-6-4-8-20-15(3)12-19/h9-11,15,17H,4-8,12,18H2,1-3H3. The van der Waals surface area contributed by atoms with E-state index >= 15 is 0 Å². The van der Waals surface area contributed by atoms with Gasteiger partial charge in [0.05, 0.1) is 6.10 Å². The van der Waals surface area contributed by atoms with Crippen molar-refractivity contribution in [1.82, 2.24) is 4.90 Å². The van der Waals surface area contributed by atoms with E-state index < -0.39 is 0 Å². The van der Waals surface area contributed by atoms with Gasteiger partial charge < -0.3 is 15.4 Å². The van der Waals surface area contributed by atoms with Crippen LogP contribution in [0.3, 0.4) is 0 Å². The monoisotopic (exact) mass is 276 g/mol. The molecule has 1 aliphatic rings. The molecule has 112 valence electrons. The minimum absolute atomic E-state index is 0.132. The number of hydrogen-bond acceptors (Lipinski definition) is 3. The summed E-state index contributed by atoms with van der Waals surface area (Å²) in [5.74, 6) is 0. The molecule has 1 aromatic rings. The van der Waals surface area contributed by atoms with E-state index in [1.165, 1.54) is 16.7 Å². The third-order valence-corrected chi connectivity index (χ3v) is 3.96. The van der Waals surface area contributed by atoms with Gasteiger partial charge in [0, 0.05) is 32.3 Å². The Kier molecular flexibility index (Phi) is 5.58. The van der Waals surface area contributed by atoms with Crippen LogP contribution in [0.4, 0.5) is 0 Å². The number of rotatable bonds is 4. The molecule has 2 rings (SSSR count). The molecule has 0 radical (unpaired) electrons. The molecule has 1 aliphatic heterocycles. The molecule has 1 saturated heterocycles. The van der Waals surface area contributed by atoms with Crippen LogP contribution in [0.25, 0.3) is 0 Å². The molecule has 0 spiro atoms. The maximum Gasteiger partial charge on any atom is 0.0673 e. The number of hydrogen-bond donors (Lipinski definition) is 1. The van der Waals surface area contributed by atoms with Crippen LogP contribution < -0.4 is 5.73 Å². The Hall–Kier alpha value is -0.900. The molecule has 1 heterocycles. The van der Waals surface area contributed by atoms with Crippen LogP contribution in [0.15, 0.2) is 18.2 Å². The summed E-state index contributed by atoms with van der Waals surface area (Å²) in [5.41, 5.74) is 10.2. The molecular weight excluding hydrogens is 248 g/mol. The molecule has 0 saturated carbocycles. The van der Waals surface area contributed by atoms with E-state index in [1.54, 1.807) is 0 Å². The van der Waals surface area contributed by atoms with E-state index in [4.69, 9.17) is 10.5 Å². The summed E-state index contributed by atoms with van der Waals surface area (Å²) in [6.45, 7) is 10.5. The van der Waals surface area contributed by atoms with Gasteiger partial charge in [-0.2, -0.15) is 0 Å². The molecule has 0 amide bonds. The lowest BCUT2D eigenvalue weighted by molar-refractivity contribution is 0.0674. The highest BCUT2D eigenvalue weighted by atomic mass is 16.5. The van der Waals surface area contributed by atoms with Crippen LogP contribution in [-0.2, 0) is 4.74 Å². The first kappa shape index (κ1) is 15.5. The summed E-state index contributed by atoms with van der Waals surface area (Å²) < 4.78 is 5.68. The highest BCUT2D eigenvalue weighted by Gasteiger charge is 2.16. The second-order valence-electron chi connectivity index (χ2n) is 6.15. The van der Waals surface area contributed by atoms with Crippen LogP contribution in [0.2, 0.25) is 0 Å². The molecule has 0 aliphatic carbocycles. The van der Waals surface area contributed by atoms with E-state index in [9.17, 15) is 0 Å². The van der Waals surface area contributed by atoms with Crippen molar-refractivity contribution in [3.05, 3.63) is 34.9 Å². The van der Waals surface area contributed by atoms with Crippen molar-refractivity contribution in [3.63, 3.8) is 0 Å². The van der Waals surface area contributed by atoms with Crippen LogP contribution in [0, 0.1) is 13.8 Å².